The lowest BCUT2D eigenvalue weighted by Crippen LogP contribution is -2.53. The van der Waals surface area contributed by atoms with Crippen LogP contribution in [0.25, 0.3) is 0 Å². The minimum absolute atomic E-state index is 0.143. The highest BCUT2D eigenvalue weighted by molar-refractivity contribution is 5.38. The van der Waals surface area contributed by atoms with Crippen LogP contribution in [0, 0.1) is 5.92 Å². The first-order chi connectivity index (χ1) is 10.0. The molecule has 0 aromatic heterocycles. The summed E-state index contributed by atoms with van der Waals surface area (Å²) >= 11 is 0. The first-order valence-electron chi connectivity index (χ1n) is 8.02. The Morgan fingerprint density at radius 3 is 2.52 bits per heavy atom. The van der Waals surface area contributed by atoms with Gasteiger partial charge in [-0.25, -0.2) is 0 Å². The van der Waals surface area contributed by atoms with Crippen LogP contribution in [0.4, 0.5) is 0 Å². The molecule has 0 aliphatic carbocycles. The number of piperidine rings is 2. The van der Waals surface area contributed by atoms with E-state index in [1.165, 1.54) is 31.9 Å². The lowest BCUT2D eigenvalue weighted by molar-refractivity contribution is 0.0228. The van der Waals surface area contributed by atoms with E-state index in [0.717, 1.165) is 30.6 Å². The maximum Gasteiger partial charge on any atom is 0.119 e. The SMILES string of the molecule is CC(c1cc(O)cc(O)c1)N1CCC2C(CCCN2C)C1. The lowest BCUT2D eigenvalue weighted by Gasteiger charge is -2.47. The maximum absolute atomic E-state index is 9.68. The van der Waals surface area contributed by atoms with E-state index in [-0.39, 0.29) is 17.5 Å². The van der Waals surface area contributed by atoms with E-state index < -0.39 is 0 Å². The third-order valence-electron chi connectivity index (χ3n) is 5.33. The summed E-state index contributed by atoms with van der Waals surface area (Å²) in [6.07, 6.45) is 3.84. The van der Waals surface area contributed by atoms with Gasteiger partial charge in [0, 0.05) is 31.2 Å². The van der Waals surface area contributed by atoms with Crippen LogP contribution >= 0.6 is 0 Å². The minimum Gasteiger partial charge on any atom is -0.508 e. The highest BCUT2D eigenvalue weighted by atomic mass is 16.3. The maximum atomic E-state index is 9.68. The van der Waals surface area contributed by atoms with Gasteiger partial charge in [-0.3, -0.25) is 4.90 Å². The van der Waals surface area contributed by atoms with Gasteiger partial charge >= 0.3 is 0 Å². The summed E-state index contributed by atoms with van der Waals surface area (Å²) in [7, 11) is 2.25. The van der Waals surface area contributed by atoms with Crippen LogP contribution < -0.4 is 0 Å². The van der Waals surface area contributed by atoms with Gasteiger partial charge in [0.25, 0.3) is 0 Å². The molecule has 3 unspecified atom stereocenters. The molecule has 1 aromatic carbocycles. The van der Waals surface area contributed by atoms with Crippen molar-refractivity contribution in [3.05, 3.63) is 23.8 Å². The molecule has 0 bridgehead atoms. The number of aromatic hydroxyl groups is 2. The molecule has 4 nitrogen and oxygen atoms in total. The zero-order chi connectivity index (χ0) is 15.0. The van der Waals surface area contributed by atoms with Gasteiger partial charge in [0.15, 0.2) is 0 Å². The second kappa shape index (κ2) is 5.85. The summed E-state index contributed by atoms with van der Waals surface area (Å²) in [5.41, 5.74) is 0.995. The molecule has 1 aromatic rings. The zero-order valence-electron chi connectivity index (χ0n) is 13.0. The first-order valence-corrected chi connectivity index (χ1v) is 8.02. The van der Waals surface area contributed by atoms with E-state index in [1.807, 2.05) is 0 Å². The van der Waals surface area contributed by atoms with Gasteiger partial charge in [0.1, 0.15) is 11.5 Å². The van der Waals surface area contributed by atoms with Crippen molar-refractivity contribution in [2.45, 2.75) is 38.3 Å². The number of fused-ring (bicyclic) bond motifs is 1. The second-order valence-corrected chi connectivity index (χ2v) is 6.69. The van der Waals surface area contributed by atoms with Gasteiger partial charge in [-0.05, 0) is 63.4 Å². The smallest absolute Gasteiger partial charge is 0.119 e. The van der Waals surface area contributed by atoms with E-state index in [0.29, 0.717) is 0 Å². The van der Waals surface area contributed by atoms with Crippen LogP contribution in [0.5, 0.6) is 11.5 Å². The average molecular weight is 290 g/mol. The number of likely N-dealkylation sites (tertiary alicyclic amines) is 2. The summed E-state index contributed by atoms with van der Waals surface area (Å²) in [6, 6.07) is 5.89. The largest absolute Gasteiger partial charge is 0.508 e. The standard InChI is InChI=1S/C17H26N2O2/c1-12(14-8-15(20)10-16(21)9-14)19-7-5-17-13(11-19)4-3-6-18(17)2/h8-10,12-13,17,20-21H,3-7,11H2,1-2H3. The Hall–Kier alpha value is -1.26. The van der Waals surface area contributed by atoms with Crippen molar-refractivity contribution < 1.29 is 10.2 Å². The predicted octanol–water partition coefficient (Wildman–Crippen LogP) is 2.57. The van der Waals surface area contributed by atoms with Crippen LogP contribution in [0.1, 0.15) is 37.8 Å². The molecule has 3 rings (SSSR count). The molecule has 2 N–H and O–H groups in total. The number of hydrogen-bond donors (Lipinski definition) is 2. The molecule has 116 valence electrons. The number of benzene rings is 1. The van der Waals surface area contributed by atoms with Crippen LogP contribution in [-0.2, 0) is 0 Å². The van der Waals surface area contributed by atoms with Crippen molar-refractivity contribution in [1.29, 1.82) is 0 Å². The number of phenolic OH excluding ortho intramolecular Hbond substituents is 2. The molecule has 2 heterocycles. The van der Waals surface area contributed by atoms with Gasteiger partial charge in [-0.15, -0.1) is 0 Å². The number of phenols is 2. The van der Waals surface area contributed by atoms with Gasteiger partial charge in [-0.1, -0.05) is 0 Å². The van der Waals surface area contributed by atoms with Crippen molar-refractivity contribution in [1.82, 2.24) is 9.80 Å². The Morgan fingerprint density at radius 2 is 1.81 bits per heavy atom. The molecular formula is C17H26N2O2. The van der Waals surface area contributed by atoms with Gasteiger partial charge in [-0.2, -0.15) is 0 Å². The zero-order valence-corrected chi connectivity index (χ0v) is 13.0. The van der Waals surface area contributed by atoms with Crippen LogP contribution in [0.15, 0.2) is 18.2 Å². The molecule has 0 saturated carbocycles. The average Bonchev–Trinajstić information content (AvgIpc) is 2.45. The molecule has 21 heavy (non-hydrogen) atoms. The highest BCUT2D eigenvalue weighted by Crippen LogP contribution is 2.35. The van der Waals surface area contributed by atoms with Crippen LogP contribution in [0.3, 0.4) is 0 Å². The van der Waals surface area contributed by atoms with Gasteiger partial charge < -0.3 is 15.1 Å². The van der Waals surface area contributed by atoms with Crippen molar-refractivity contribution >= 4 is 0 Å². The minimum atomic E-state index is 0.143. The number of nitrogens with zero attached hydrogens (tertiary/aromatic N) is 2. The van der Waals surface area contributed by atoms with Crippen molar-refractivity contribution in [3.63, 3.8) is 0 Å². The van der Waals surface area contributed by atoms with Crippen molar-refractivity contribution in [2.75, 3.05) is 26.7 Å². The summed E-state index contributed by atoms with van der Waals surface area (Å²) in [5, 5.41) is 19.4. The Bertz CT molecular complexity index is 485. The molecule has 2 aliphatic heterocycles. The number of hydrogen-bond acceptors (Lipinski definition) is 4. The van der Waals surface area contributed by atoms with Crippen LogP contribution in [0.2, 0.25) is 0 Å². The Morgan fingerprint density at radius 1 is 1.10 bits per heavy atom. The van der Waals surface area contributed by atoms with Crippen molar-refractivity contribution in [2.24, 2.45) is 5.92 Å². The topological polar surface area (TPSA) is 46.9 Å². The molecule has 2 fully saturated rings. The number of rotatable bonds is 2. The molecule has 2 aliphatic rings. The second-order valence-electron chi connectivity index (χ2n) is 6.69. The van der Waals surface area contributed by atoms with E-state index in [9.17, 15) is 10.2 Å². The molecule has 4 heteroatoms. The highest BCUT2D eigenvalue weighted by Gasteiger charge is 2.35. The Kier molecular flexibility index (Phi) is 4.09. The summed E-state index contributed by atoms with van der Waals surface area (Å²) in [6.45, 7) is 5.61. The first kappa shape index (κ1) is 14.7. The monoisotopic (exact) mass is 290 g/mol. The molecule has 0 amide bonds. The van der Waals surface area contributed by atoms with E-state index in [4.69, 9.17) is 0 Å². The molecule has 0 radical (unpaired) electrons. The predicted molar refractivity (Wildman–Crippen MR) is 83.5 cm³/mol. The lowest BCUT2D eigenvalue weighted by atomic mass is 9.83. The normalized spacial score (nSPS) is 29.0. The molecule has 3 atom stereocenters. The van der Waals surface area contributed by atoms with E-state index in [2.05, 4.69) is 23.8 Å². The van der Waals surface area contributed by atoms with E-state index in [1.54, 1.807) is 12.1 Å². The molecular weight excluding hydrogens is 264 g/mol. The summed E-state index contributed by atoms with van der Waals surface area (Å²) in [5.74, 6) is 1.04. The quantitative estimate of drug-likeness (QED) is 0.879. The van der Waals surface area contributed by atoms with Crippen molar-refractivity contribution in [3.8, 4) is 11.5 Å². The fourth-order valence-corrected chi connectivity index (χ4v) is 4.10. The third-order valence-corrected chi connectivity index (χ3v) is 5.33. The van der Waals surface area contributed by atoms with Crippen LogP contribution in [-0.4, -0.2) is 52.7 Å². The summed E-state index contributed by atoms with van der Waals surface area (Å²) in [4.78, 5) is 5.02. The third kappa shape index (κ3) is 3.01. The summed E-state index contributed by atoms with van der Waals surface area (Å²) < 4.78 is 0. The molecule has 2 saturated heterocycles. The Balaban J connectivity index is 1.72. The fourth-order valence-electron chi connectivity index (χ4n) is 4.10. The van der Waals surface area contributed by atoms with Gasteiger partial charge in [0.05, 0.1) is 0 Å². The van der Waals surface area contributed by atoms with Gasteiger partial charge in [0.2, 0.25) is 0 Å². The van der Waals surface area contributed by atoms with E-state index >= 15 is 0 Å². The molecule has 0 spiro atoms. The Labute approximate surface area is 127 Å². The fraction of sp³-hybridized carbons (Fsp3) is 0.647.